The Bertz CT molecular complexity index is 1460. The monoisotopic (exact) mass is 468 g/mol. The molecule has 10 nitrogen and oxygen atoms in total. The van der Waals surface area contributed by atoms with Crippen molar-refractivity contribution in [3.05, 3.63) is 54.1 Å². The first-order chi connectivity index (χ1) is 15.8. The van der Waals surface area contributed by atoms with Crippen LogP contribution in [0.5, 0.6) is 0 Å². The van der Waals surface area contributed by atoms with Crippen molar-refractivity contribution in [2.24, 2.45) is 5.92 Å². The highest BCUT2D eigenvalue weighted by molar-refractivity contribution is 7.90. The fourth-order valence-electron chi connectivity index (χ4n) is 4.89. The van der Waals surface area contributed by atoms with Gasteiger partial charge in [-0.1, -0.05) is 31.0 Å². The lowest BCUT2D eigenvalue weighted by atomic mass is 9.93. The molecule has 5 rings (SSSR count). The van der Waals surface area contributed by atoms with Gasteiger partial charge in [-0.2, -0.15) is 0 Å². The molecule has 1 amide bonds. The molecule has 1 saturated carbocycles. The first-order valence-electron chi connectivity index (χ1n) is 10.8. The van der Waals surface area contributed by atoms with Gasteiger partial charge in [0.1, 0.15) is 5.82 Å². The maximum Gasteiger partial charge on any atom is 0.404 e. The van der Waals surface area contributed by atoms with Crippen molar-refractivity contribution in [3.63, 3.8) is 0 Å². The van der Waals surface area contributed by atoms with E-state index in [0.717, 1.165) is 18.4 Å². The SMILES string of the molecule is CCC1CC(NC(=O)O)CC1c1nnc2cnc3c(ccn3S(=O)(=O)c3ccc(C)cc3)n12. The molecule has 0 aliphatic heterocycles. The van der Waals surface area contributed by atoms with Crippen molar-refractivity contribution < 1.29 is 18.3 Å². The molecule has 3 aromatic heterocycles. The Morgan fingerprint density at radius 2 is 1.94 bits per heavy atom. The minimum Gasteiger partial charge on any atom is -0.465 e. The van der Waals surface area contributed by atoms with Crippen molar-refractivity contribution in [1.82, 2.24) is 28.9 Å². The smallest absolute Gasteiger partial charge is 0.404 e. The number of benzene rings is 1. The molecule has 1 aliphatic carbocycles. The van der Waals surface area contributed by atoms with Crippen molar-refractivity contribution >= 4 is 32.9 Å². The van der Waals surface area contributed by atoms with E-state index in [2.05, 4.69) is 27.4 Å². The summed E-state index contributed by atoms with van der Waals surface area (Å²) < 4.78 is 29.6. The van der Waals surface area contributed by atoms with E-state index >= 15 is 0 Å². The number of fused-ring (bicyclic) bond motifs is 3. The van der Waals surface area contributed by atoms with E-state index < -0.39 is 16.1 Å². The summed E-state index contributed by atoms with van der Waals surface area (Å²) in [6.45, 7) is 3.97. The first-order valence-corrected chi connectivity index (χ1v) is 12.3. The zero-order valence-electron chi connectivity index (χ0n) is 18.2. The number of carboxylic acid groups (broad SMARTS) is 1. The zero-order chi connectivity index (χ0) is 23.3. The molecule has 1 fully saturated rings. The summed E-state index contributed by atoms with van der Waals surface area (Å²) in [7, 11) is -3.84. The minimum absolute atomic E-state index is 0.00972. The summed E-state index contributed by atoms with van der Waals surface area (Å²) in [6.07, 6.45) is 4.18. The molecule has 3 unspecified atom stereocenters. The van der Waals surface area contributed by atoms with E-state index in [1.54, 1.807) is 30.3 Å². The standard InChI is InChI=1S/C22H24N6O4S/c1-3-14-10-15(24-22(29)30)11-17(14)20-26-25-19-12-23-21-18(28(19)20)8-9-27(21)33(31,32)16-6-4-13(2)5-7-16/h4-9,12,14-15,17,24H,3,10-11H2,1-2H3,(H,29,30). The van der Waals surface area contributed by atoms with Crippen LogP contribution in [0, 0.1) is 12.8 Å². The second-order valence-corrected chi connectivity index (χ2v) is 10.4. The van der Waals surface area contributed by atoms with Crippen molar-refractivity contribution in [2.45, 2.75) is 50.0 Å². The predicted octanol–water partition coefficient (Wildman–Crippen LogP) is 3.16. The maximum atomic E-state index is 13.3. The van der Waals surface area contributed by atoms with Crippen LogP contribution in [0.1, 0.15) is 43.5 Å². The Balaban J connectivity index is 1.62. The minimum atomic E-state index is -3.84. The van der Waals surface area contributed by atoms with Crippen LogP contribution in [0.4, 0.5) is 4.79 Å². The van der Waals surface area contributed by atoms with Crippen LogP contribution in [0.2, 0.25) is 0 Å². The number of hydrogen-bond donors (Lipinski definition) is 2. The molecule has 4 aromatic rings. The average Bonchev–Trinajstić information content (AvgIpc) is 3.49. The Hall–Kier alpha value is -3.47. The lowest BCUT2D eigenvalue weighted by Crippen LogP contribution is -2.31. The molecule has 0 saturated heterocycles. The molecule has 0 bridgehead atoms. The quantitative estimate of drug-likeness (QED) is 0.460. The Morgan fingerprint density at radius 3 is 2.64 bits per heavy atom. The summed E-state index contributed by atoms with van der Waals surface area (Å²) in [5.74, 6) is 0.921. The fourth-order valence-corrected chi connectivity index (χ4v) is 6.19. The highest BCUT2D eigenvalue weighted by atomic mass is 32.2. The summed E-state index contributed by atoms with van der Waals surface area (Å²) in [5, 5.41) is 20.4. The molecule has 0 spiro atoms. The van der Waals surface area contributed by atoms with Gasteiger partial charge in [0.15, 0.2) is 11.3 Å². The van der Waals surface area contributed by atoms with Gasteiger partial charge in [0, 0.05) is 18.2 Å². The number of aryl methyl sites for hydroxylation is 1. The molecule has 33 heavy (non-hydrogen) atoms. The highest BCUT2D eigenvalue weighted by Gasteiger charge is 2.38. The largest absolute Gasteiger partial charge is 0.465 e. The number of rotatable bonds is 5. The topological polar surface area (TPSA) is 131 Å². The van der Waals surface area contributed by atoms with Crippen LogP contribution < -0.4 is 5.32 Å². The summed E-state index contributed by atoms with van der Waals surface area (Å²) in [5.41, 5.74) is 2.37. The Kier molecular flexibility index (Phi) is 5.08. The third-order valence-electron chi connectivity index (χ3n) is 6.52. The number of nitrogens with one attached hydrogen (secondary N) is 1. The van der Waals surface area contributed by atoms with Gasteiger partial charge in [0.2, 0.25) is 0 Å². The molecule has 3 heterocycles. The second kappa shape index (κ2) is 7.84. The van der Waals surface area contributed by atoms with E-state index in [4.69, 9.17) is 5.11 Å². The number of hydrogen-bond acceptors (Lipinski definition) is 6. The summed E-state index contributed by atoms with van der Waals surface area (Å²) >= 11 is 0. The molecule has 11 heteroatoms. The van der Waals surface area contributed by atoms with Gasteiger partial charge in [-0.15, -0.1) is 10.2 Å². The van der Waals surface area contributed by atoms with E-state index in [-0.39, 0.29) is 28.4 Å². The van der Waals surface area contributed by atoms with Crippen LogP contribution in [-0.4, -0.2) is 49.2 Å². The third-order valence-corrected chi connectivity index (χ3v) is 8.20. The van der Waals surface area contributed by atoms with Gasteiger partial charge in [-0.25, -0.2) is 22.2 Å². The number of amides is 1. The highest BCUT2D eigenvalue weighted by Crippen LogP contribution is 2.41. The van der Waals surface area contributed by atoms with Gasteiger partial charge in [-0.3, -0.25) is 4.40 Å². The lowest BCUT2D eigenvalue weighted by molar-refractivity contribution is 0.189. The van der Waals surface area contributed by atoms with E-state index in [1.807, 2.05) is 11.3 Å². The molecule has 3 atom stereocenters. The average molecular weight is 469 g/mol. The summed E-state index contributed by atoms with van der Waals surface area (Å²) in [4.78, 5) is 15.7. The van der Waals surface area contributed by atoms with Crippen LogP contribution in [-0.2, 0) is 10.0 Å². The molecule has 2 N–H and O–H groups in total. The van der Waals surface area contributed by atoms with Crippen LogP contribution >= 0.6 is 0 Å². The number of nitrogens with zero attached hydrogens (tertiary/aromatic N) is 5. The molecule has 172 valence electrons. The molecule has 1 aromatic carbocycles. The molecular weight excluding hydrogens is 444 g/mol. The van der Waals surface area contributed by atoms with Crippen molar-refractivity contribution in [2.75, 3.05) is 0 Å². The van der Waals surface area contributed by atoms with Gasteiger partial charge < -0.3 is 10.4 Å². The molecular formula is C22H24N6O4S. The van der Waals surface area contributed by atoms with Gasteiger partial charge >= 0.3 is 6.09 Å². The number of aromatic nitrogens is 5. The Morgan fingerprint density at radius 1 is 1.18 bits per heavy atom. The predicted molar refractivity (Wildman–Crippen MR) is 121 cm³/mol. The van der Waals surface area contributed by atoms with Gasteiger partial charge in [-0.05, 0) is 43.9 Å². The summed E-state index contributed by atoms with van der Waals surface area (Å²) in [6, 6.07) is 8.23. The third kappa shape index (κ3) is 3.52. The van der Waals surface area contributed by atoms with E-state index in [9.17, 15) is 13.2 Å². The first kappa shape index (κ1) is 21.4. The van der Waals surface area contributed by atoms with E-state index in [0.29, 0.717) is 23.4 Å². The fraction of sp³-hybridized carbons (Fsp3) is 0.364. The maximum absolute atomic E-state index is 13.3. The van der Waals surface area contributed by atoms with Gasteiger partial charge in [0.25, 0.3) is 10.0 Å². The molecule has 1 aliphatic rings. The molecule has 0 radical (unpaired) electrons. The normalized spacial score (nSPS) is 21.1. The zero-order valence-corrected chi connectivity index (χ0v) is 19.0. The van der Waals surface area contributed by atoms with Crippen LogP contribution in [0.15, 0.2) is 47.6 Å². The van der Waals surface area contributed by atoms with Crippen LogP contribution in [0.3, 0.4) is 0 Å². The Labute approximate surface area is 190 Å². The lowest BCUT2D eigenvalue weighted by Gasteiger charge is -2.16. The van der Waals surface area contributed by atoms with Crippen molar-refractivity contribution in [1.29, 1.82) is 0 Å². The van der Waals surface area contributed by atoms with Crippen molar-refractivity contribution in [3.8, 4) is 0 Å². The van der Waals surface area contributed by atoms with Crippen LogP contribution in [0.25, 0.3) is 16.8 Å². The second-order valence-electron chi connectivity index (χ2n) is 8.54. The van der Waals surface area contributed by atoms with Gasteiger partial charge in [0.05, 0.1) is 16.6 Å². The van der Waals surface area contributed by atoms with E-state index in [1.165, 1.54) is 16.4 Å². The number of carbonyl (C=O) groups is 1.